The van der Waals surface area contributed by atoms with Crippen LogP contribution in [0.2, 0.25) is 0 Å². The molecule has 4 rings (SSSR count). The Hall–Kier alpha value is -3.07. The van der Waals surface area contributed by atoms with Gasteiger partial charge in [-0.2, -0.15) is 8.42 Å². The zero-order chi connectivity index (χ0) is 21.1. The highest BCUT2D eigenvalue weighted by Gasteiger charge is 2.27. The standard InChI is InChI=1S/C21H24N4O4S/c22-21-20-17(23-30(27,28)24-21)9-4-10-18(20)29-14-16-8-5-11-25(13-16)19(26)12-15-6-2-1-3-7-15/h1-4,6-7,9-10,16,23H,5,8,11-14H2,(H2,22,24)/t16-/m0/s1. The SMILES string of the molecule is NC1=NS(=O)(=O)Nc2cccc(OC[C@H]3CCCN(C(=O)Cc4ccccc4)C3)c21. The molecule has 2 heterocycles. The van der Waals surface area contributed by atoms with Gasteiger partial charge in [0.05, 0.1) is 24.3 Å². The van der Waals surface area contributed by atoms with E-state index in [1.165, 1.54) is 0 Å². The number of amides is 1. The lowest BCUT2D eigenvalue weighted by Crippen LogP contribution is -2.42. The number of fused-ring (bicyclic) bond motifs is 1. The highest BCUT2D eigenvalue weighted by atomic mass is 32.2. The van der Waals surface area contributed by atoms with Gasteiger partial charge in [0.15, 0.2) is 5.84 Å². The van der Waals surface area contributed by atoms with Crippen molar-refractivity contribution in [1.82, 2.24) is 4.90 Å². The van der Waals surface area contributed by atoms with Crippen molar-refractivity contribution in [3.05, 3.63) is 59.7 Å². The van der Waals surface area contributed by atoms with Crippen LogP contribution in [-0.4, -0.2) is 44.8 Å². The first kappa shape index (κ1) is 20.2. The number of nitrogens with one attached hydrogen (secondary N) is 1. The van der Waals surface area contributed by atoms with Crippen LogP contribution in [-0.2, 0) is 21.4 Å². The number of carbonyl (C=O) groups excluding carboxylic acids is 1. The summed E-state index contributed by atoms with van der Waals surface area (Å²) in [5, 5.41) is 0. The third kappa shape index (κ3) is 4.56. The highest BCUT2D eigenvalue weighted by Crippen LogP contribution is 2.31. The average Bonchev–Trinajstić information content (AvgIpc) is 2.72. The number of nitrogens with two attached hydrogens (primary N) is 1. The molecule has 3 N–H and O–H groups in total. The second kappa shape index (κ2) is 8.35. The van der Waals surface area contributed by atoms with Gasteiger partial charge in [-0.1, -0.05) is 36.4 Å². The molecule has 0 aromatic heterocycles. The van der Waals surface area contributed by atoms with Gasteiger partial charge in [0, 0.05) is 19.0 Å². The minimum atomic E-state index is -3.83. The smallest absolute Gasteiger partial charge is 0.344 e. The fourth-order valence-electron chi connectivity index (χ4n) is 3.86. The van der Waals surface area contributed by atoms with Crippen molar-refractivity contribution in [2.75, 3.05) is 24.4 Å². The second-order valence-electron chi connectivity index (χ2n) is 7.55. The summed E-state index contributed by atoms with van der Waals surface area (Å²) >= 11 is 0. The van der Waals surface area contributed by atoms with Gasteiger partial charge in [0.2, 0.25) is 5.91 Å². The summed E-state index contributed by atoms with van der Waals surface area (Å²) < 4.78 is 35.3. The van der Waals surface area contributed by atoms with E-state index >= 15 is 0 Å². The van der Waals surface area contributed by atoms with Crippen molar-refractivity contribution < 1.29 is 17.9 Å². The van der Waals surface area contributed by atoms with E-state index in [0.717, 1.165) is 24.9 Å². The number of hydrogen-bond donors (Lipinski definition) is 2. The van der Waals surface area contributed by atoms with Gasteiger partial charge in [-0.05, 0) is 30.5 Å². The zero-order valence-corrected chi connectivity index (χ0v) is 17.3. The van der Waals surface area contributed by atoms with Crippen LogP contribution in [0.4, 0.5) is 5.69 Å². The molecule has 0 unspecified atom stereocenters. The van der Waals surface area contributed by atoms with E-state index in [1.54, 1.807) is 18.2 Å². The number of likely N-dealkylation sites (tertiary alicyclic amines) is 1. The van der Waals surface area contributed by atoms with Crippen LogP contribution in [0.3, 0.4) is 0 Å². The molecule has 1 saturated heterocycles. The number of piperidine rings is 1. The van der Waals surface area contributed by atoms with Gasteiger partial charge >= 0.3 is 10.2 Å². The third-order valence-electron chi connectivity index (χ3n) is 5.28. The summed E-state index contributed by atoms with van der Waals surface area (Å²) in [6.07, 6.45) is 2.28. The van der Waals surface area contributed by atoms with Crippen LogP contribution in [0.5, 0.6) is 5.75 Å². The van der Waals surface area contributed by atoms with Gasteiger partial charge in [-0.15, -0.1) is 4.40 Å². The maximum atomic E-state index is 12.7. The van der Waals surface area contributed by atoms with E-state index in [2.05, 4.69) is 9.12 Å². The van der Waals surface area contributed by atoms with E-state index in [1.807, 2.05) is 35.2 Å². The summed E-state index contributed by atoms with van der Waals surface area (Å²) in [6, 6.07) is 14.8. The number of benzene rings is 2. The monoisotopic (exact) mass is 428 g/mol. The number of amidine groups is 1. The number of hydrogen-bond acceptors (Lipinski definition) is 5. The largest absolute Gasteiger partial charge is 0.492 e. The van der Waals surface area contributed by atoms with Gasteiger partial charge < -0.3 is 15.4 Å². The lowest BCUT2D eigenvalue weighted by atomic mass is 9.98. The lowest BCUT2D eigenvalue weighted by molar-refractivity contribution is -0.132. The van der Waals surface area contributed by atoms with E-state index in [9.17, 15) is 13.2 Å². The molecule has 8 nitrogen and oxygen atoms in total. The molecule has 158 valence electrons. The van der Waals surface area contributed by atoms with Crippen molar-refractivity contribution in [2.24, 2.45) is 16.0 Å². The molecule has 2 aliphatic rings. The van der Waals surface area contributed by atoms with Crippen LogP contribution in [0, 0.1) is 5.92 Å². The molecule has 0 saturated carbocycles. The normalized spacial score (nSPS) is 19.9. The van der Waals surface area contributed by atoms with Crippen molar-refractivity contribution in [3.8, 4) is 5.75 Å². The number of carbonyl (C=O) groups is 1. The van der Waals surface area contributed by atoms with Gasteiger partial charge in [-0.3, -0.25) is 9.52 Å². The Morgan fingerprint density at radius 1 is 1.20 bits per heavy atom. The molecule has 30 heavy (non-hydrogen) atoms. The van der Waals surface area contributed by atoms with Crippen LogP contribution < -0.4 is 15.2 Å². The fourth-order valence-corrected chi connectivity index (χ4v) is 4.70. The summed E-state index contributed by atoms with van der Waals surface area (Å²) in [5.74, 6) is 0.688. The van der Waals surface area contributed by atoms with Crippen molar-refractivity contribution >= 4 is 27.6 Å². The minimum absolute atomic E-state index is 0.0948. The third-order valence-corrected chi connectivity index (χ3v) is 6.20. The van der Waals surface area contributed by atoms with Gasteiger partial charge in [0.1, 0.15) is 5.75 Å². The molecule has 1 amide bonds. The Balaban J connectivity index is 1.40. The zero-order valence-electron chi connectivity index (χ0n) is 16.5. The first-order valence-electron chi connectivity index (χ1n) is 9.87. The molecule has 2 aliphatic heterocycles. The predicted octanol–water partition coefficient (Wildman–Crippen LogP) is 1.92. The number of nitrogens with zero attached hydrogens (tertiary/aromatic N) is 2. The summed E-state index contributed by atoms with van der Waals surface area (Å²) in [5.41, 5.74) is 7.67. The molecular formula is C21H24N4O4S. The van der Waals surface area contributed by atoms with E-state index in [4.69, 9.17) is 10.5 Å². The molecule has 0 spiro atoms. The Kier molecular flexibility index (Phi) is 5.63. The molecule has 1 fully saturated rings. The molecule has 2 aromatic carbocycles. The Bertz CT molecular complexity index is 1070. The minimum Gasteiger partial charge on any atom is -0.492 e. The van der Waals surface area contributed by atoms with Crippen LogP contribution in [0.1, 0.15) is 24.0 Å². The molecule has 1 atom stereocenters. The van der Waals surface area contributed by atoms with E-state index < -0.39 is 10.2 Å². The topological polar surface area (TPSA) is 114 Å². The van der Waals surface area contributed by atoms with Gasteiger partial charge in [0.25, 0.3) is 0 Å². The Morgan fingerprint density at radius 2 is 2.00 bits per heavy atom. The van der Waals surface area contributed by atoms with Crippen LogP contribution in [0.15, 0.2) is 52.9 Å². The second-order valence-corrected chi connectivity index (χ2v) is 8.89. The summed E-state index contributed by atoms with van der Waals surface area (Å²) in [7, 11) is -3.83. The van der Waals surface area contributed by atoms with Crippen LogP contribution >= 0.6 is 0 Å². The highest BCUT2D eigenvalue weighted by molar-refractivity contribution is 7.91. The maximum absolute atomic E-state index is 12.7. The molecule has 0 radical (unpaired) electrons. The first-order chi connectivity index (χ1) is 14.4. The van der Waals surface area contributed by atoms with E-state index in [0.29, 0.717) is 36.6 Å². The number of ether oxygens (including phenoxy) is 1. The average molecular weight is 429 g/mol. The Morgan fingerprint density at radius 3 is 2.80 bits per heavy atom. The van der Waals surface area contributed by atoms with E-state index in [-0.39, 0.29) is 17.7 Å². The molecule has 2 aromatic rings. The number of rotatable bonds is 5. The maximum Gasteiger partial charge on any atom is 0.344 e. The Labute approximate surface area is 175 Å². The molecule has 9 heteroatoms. The van der Waals surface area contributed by atoms with Crippen molar-refractivity contribution in [2.45, 2.75) is 19.3 Å². The van der Waals surface area contributed by atoms with Crippen molar-refractivity contribution in [1.29, 1.82) is 0 Å². The molecular weight excluding hydrogens is 404 g/mol. The first-order valence-corrected chi connectivity index (χ1v) is 11.3. The van der Waals surface area contributed by atoms with Gasteiger partial charge in [-0.25, -0.2) is 0 Å². The predicted molar refractivity (Wildman–Crippen MR) is 115 cm³/mol. The summed E-state index contributed by atoms with van der Waals surface area (Å²) in [6.45, 7) is 1.80. The lowest BCUT2D eigenvalue weighted by Gasteiger charge is -2.33. The fraction of sp³-hybridized carbons (Fsp3) is 0.333. The molecule has 0 bridgehead atoms. The quantitative estimate of drug-likeness (QED) is 0.755. The molecule has 0 aliphatic carbocycles. The summed E-state index contributed by atoms with van der Waals surface area (Å²) in [4.78, 5) is 14.6. The van der Waals surface area contributed by atoms with Crippen molar-refractivity contribution in [3.63, 3.8) is 0 Å². The van der Waals surface area contributed by atoms with Crippen LogP contribution in [0.25, 0.3) is 0 Å². The number of anilines is 1.